The lowest BCUT2D eigenvalue weighted by Gasteiger charge is -2.08. The lowest BCUT2D eigenvalue weighted by molar-refractivity contribution is 0.0696. The number of nitrogens with zero attached hydrogens (tertiary/aromatic N) is 1. The third-order valence-corrected chi connectivity index (χ3v) is 2.66. The monoisotopic (exact) mass is 233 g/mol. The SMILES string of the molecule is CCc1c(C(=O)O)ccn1-c1ccc(F)cc1. The van der Waals surface area contributed by atoms with Crippen LogP contribution in [0.2, 0.25) is 0 Å². The highest BCUT2D eigenvalue weighted by Gasteiger charge is 2.14. The molecule has 1 N–H and O–H groups in total. The molecule has 0 atom stereocenters. The summed E-state index contributed by atoms with van der Waals surface area (Å²) in [5.74, 6) is -1.25. The normalized spacial score (nSPS) is 10.5. The van der Waals surface area contributed by atoms with Crippen molar-refractivity contribution in [1.82, 2.24) is 4.57 Å². The molecule has 1 aromatic carbocycles. The maximum atomic E-state index is 12.8. The molecule has 17 heavy (non-hydrogen) atoms. The Morgan fingerprint density at radius 1 is 1.29 bits per heavy atom. The van der Waals surface area contributed by atoms with Gasteiger partial charge in [0.05, 0.1) is 5.56 Å². The second kappa shape index (κ2) is 4.41. The summed E-state index contributed by atoms with van der Waals surface area (Å²) < 4.78 is 14.6. The van der Waals surface area contributed by atoms with Gasteiger partial charge < -0.3 is 9.67 Å². The third kappa shape index (κ3) is 2.06. The highest BCUT2D eigenvalue weighted by atomic mass is 19.1. The van der Waals surface area contributed by atoms with E-state index in [2.05, 4.69) is 0 Å². The van der Waals surface area contributed by atoms with Crippen LogP contribution in [-0.4, -0.2) is 15.6 Å². The summed E-state index contributed by atoms with van der Waals surface area (Å²) in [4.78, 5) is 11.0. The van der Waals surface area contributed by atoms with Crippen LogP contribution in [0.5, 0.6) is 0 Å². The summed E-state index contributed by atoms with van der Waals surface area (Å²) in [6.07, 6.45) is 2.29. The van der Waals surface area contributed by atoms with Crippen molar-refractivity contribution < 1.29 is 14.3 Å². The smallest absolute Gasteiger partial charge is 0.337 e. The number of aromatic nitrogens is 1. The topological polar surface area (TPSA) is 42.2 Å². The van der Waals surface area contributed by atoms with Crippen molar-refractivity contribution in [3.63, 3.8) is 0 Å². The van der Waals surface area contributed by atoms with Gasteiger partial charge in [0, 0.05) is 17.6 Å². The van der Waals surface area contributed by atoms with Crippen molar-refractivity contribution in [3.8, 4) is 5.69 Å². The molecule has 1 heterocycles. The van der Waals surface area contributed by atoms with E-state index in [-0.39, 0.29) is 11.4 Å². The van der Waals surface area contributed by atoms with Crippen LogP contribution in [0.1, 0.15) is 23.0 Å². The first-order valence-corrected chi connectivity index (χ1v) is 5.33. The maximum Gasteiger partial charge on any atom is 0.337 e. The van der Waals surface area contributed by atoms with Crippen molar-refractivity contribution >= 4 is 5.97 Å². The van der Waals surface area contributed by atoms with Crippen LogP contribution in [0.4, 0.5) is 4.39 Å². The van der Waals surface area contributed by atoms with Gasteiger partial charge in [-0.3, -0.25) is 0 Å². The Morgan fingerprint density at radius 3 is 2.47 bits per heavy atom. The summed E-state index contributed by atoms with van der Waals surface area (Å²) in [6, 6.07) is 7.52. The molecule has 0 bridgehead atoms. The summed E-state index contributed by atoms with van der Waals surface area (Å²) in [7, 11) is 0. The zero-order valence-electron chi connectivity index (χ0n) is 9.35. The van der Waals surface area contributed by atoms with E-state index in [9.17, 15) is 9.18 Å². The molecule has 0 unspecified atom stereocenters. The van der Waals surface area contributed by atoms with Crippen LogP contribution >= 0.6 is 0 Å². The summed E-state index contributed by atoms with van der Waals surface area (Å²) in [5.41, 5.74) is 1.76. The molecule has 0 aliphatic heterocycles. The van der Waals surface area contributed by atoms with Gasteiger partial charge in [-0.15, -0.1) is 0 Å². The van der Waals surface area contributed by atoms with Crippen molar-refractivity contribution in [2.24, 2.45) is 0 Å². The van der Waals surface area contributed by atoms with Crippen molar-refractivity contribution in [2.75, 3.05) is 0 Å². The lowest BCUT2D eigenvalue weighted by atomic mass is 10.2. The number of hydrogen-bond acceptors (Lipinski definition) is 1. The van der Waals surface area contributed by atoms with Gasteiger partial charge in [0.25, 0.3) is 0 Å². The summed E-state index contributed by atoms with van der Waals surface area (Å²) in [6.45, 7) is 1.89. The van der Waals surface area contributed by atoms with Gasteiger partial charge in [-0.2, -0.15) is 0 Å². The predicted octanol–water partition coefficient (Wildman–Crippen LogP) is 2.88. The number of halogens is 1. The molecule has 88 valence electrons. The lowest BCUT2D eigenvalue weighted by Crippen LogP contribution is -2.04. The van der Waals surface area contributed by atoms with E-state index in [0.717, 1.165) is 5.69 Å². The van der Waals surface area contributed by atoms with Gasteiger partial charge in [0.2, 0.25) is 0 Å². The minimum atomic E-state index is -0.942. The molecule has 0 saturated heterocycles. The predicted molar refractivity (Wildman–Crippen MR) is 62.1 cm³/mol. The third-order valence-electron chi connectivity index (χ3n) is 2.66. The molecule has 2 rings (SSSR count). The number of hydrogen-bond donors (Lipinski definition) is 1. The number of benzene rings is 1. The standard InChI is InChI=1S/C13H12FNO2/c1-2-12-11(13(16)17)7-8-15(12)10-5-3-9(14)4-6-10/h3-8H,2H2,1H3,(H,16,17). The van der Waals surface area contributed by atoms with Gasteiger partial charge in [0.15, 0.2) is 0 Å². The van der Waals surface area contributed by atoms with Crippen LogP contribution in [0.3, 0.4) is 0 Å². The highest BCUT2D eigenvalue weighted by Crippen LogP contribution is 2.18. The fraction of sp³-hybridized carbons (Fsp3) is 0.154. The second-order valence-electron chi connectivity index (χ2n) is 3.68. The van der Waals surface area contributed by atoms with E-state index in [0.29, 0.717) is 12.1 Å². The van der Waals surface area contributed by atoms with Crippen LogP contribution in [0.15, 0.2) is 36.5 Å². The molecule has 0 amide bonds. The number of aromatic carboxylic acids is 1. The maximum absolute atomic E-state index is 12.8. The molecule has 0 radical (unpaired) electrons. The molecule has 3 nitrogen and oxygen atoms in total. The second-order valence-corrected chi connectivity index (χ2v) is 3.68. The van der Waals surface area contributed by atoms with E-state index in [4.69, 9.17) is 5.11 Å². The fourth-order valence-electron chi connectivity index (χ4n) is 1.86. The molecule has 0 spiro atoms. The van der Waals surface area contributed by atoms with E-state index in [1.165, 1.54) is 12.1 Å². The van der Waals surface area contributed by atoms with Crippen molar-refractivity contribution in [2.45, 2.75) is 13.3 Å². The van der Waals surface area contributed by atoms with Crippen LogP contribution in [0, 0.1) is 5.82 Å². The molecule has 0 aliphatic carbocycles. The fourth-order valence-corrected chi connectivity index (χ4v) is 1.86. The van der Waals surface area contributed by atoms with Gasteiger partial charge in [-0.05, 0) is 36.8 Å². The average Bonchev–Trinajstić information content (AvgIpc) is 2.73. The molecule has 1 aromatic heterocycles. The molecule has 0 fully saturated rings. The number of carbonyl (C=O) groups is 1. The highest BCUT2D eigenvalue weighted by molar-refractivity contribution is 5.89. The summed E-state index contributed by atoms with van der Waals surface area (Å²) in [5, 5.41) is 9.03. The Balaban J connectivity index is 2.52. The first-order chi connectivity index (χ1) is 8.13. The molecule has 4 heteroatoms. The van der Waals surface area contributed by atoms with Crippen molar-refractivity contribution in [1.29, 1.82) is 0 Å². The van der Waals surface area contributed by atoms with Crippen LogP contribution in [0.25, 0.3) is 5.69 Å². The van der Waals surface area contributed by atoms with E-state index in [1.807, 2.05) is 6.92 Å². The van der Waals surface area contributed by atoms with Gasteiger partial charge >= 0.3 is 5.97 Å². The summed E-state index contributed by atoms with van der Waals surface area (Å²) >= 11 is 0. The quantitative estimate of drug-likeness (QED) is 0.885. The molecular formula is C13H12FNO2. The molecule has 0 saturated carbocycles. The minimum absolute atomic E-state index is 0.289. The Bertz CT molecular complexity index is 543. The average molecular weight is 233 g/mol. The first kappa shape index (κ1) is 11.4. The Hall–Kier alpha value is -2.10. The number of rotatable bonds is 3. The minimum Gasteiger partial charge on any atom is -0.478 e. The number of carboxylic acid groups (broad SMARTS) is 1. The van der Waals surface area contributed by atoms with Crippen LogP contribution < -0.4 is 0 Å². The van der Waals surface area contributed by atoms with E-state index >= 15 is 0 Å². The Labute approximate surface area is 98.1 Å². The number of carboxylic acids is 1. The first-order valence-electron chi connectivity index (χ1n) is 5.33. The largest absolute Gasteiger partial charge is 0.478 e. The molecule has 0 aliphatic rings. The Kier molecular flexibility index (Phi) is 2.95. The Morgan fingerprint density at radius 2 is 1.94 bits per heavy atom. The van der Waals surface area contributed by atoms with Gasteiger partial charge in [0.1, 0.15) is 5.82 Å². The van der Waals surface area contributed by atoms with E-state index < -0.39 is 5.97 Å². The zero-order chi connectivity index (χ0) is 12.4. The van der Waals surface area contributed by atoms with Gasteiger partial charge in [-0.1, -0.05) is 6.92 Å². The molecular weight excluding hydrogens is 221 g/mol. The van der Waals surface area contributed by atoms with Gasteiger partial charge in [-0.25, -0.2) is 9.18 Å². The zero-order valence-corrected chi connectivity index (χ0v) is 9.35. The van der Waals surface area contributed by atoms with E-state index in [1.54, 1.807) is 29.0 Å². The van der Waals surface area contributed by atoms with Crippen LogP contribution in [-0.2, 0) is 6.42 Å². The molecule has 2 aromatic rings. The van der Waals surface area contributed by atoms with Crippen molar-refractivity contribution in [3.05, 3.63) is 53.6 Å².